The van der Waals surface area contributed by atoms with E-state index in [-0.39, 0.29) is 11.8 Å². The molecule has 0 bridgehead atoms. The van der Waals surface area contributed by atoms with Crippen LogP contribution in [0, 0.1) is 0 Å². The lowest BCUT2D eigenvalue weighted by Gasteiger charge is -2.07. The summed E-state index contributed by atoms with van der Waals surface area (Å²) in [5, 5.41) is 2.20. The summed E-state index contributed by atoms with van der Waals surface area (Å²) >= 11 is 0. The Labute approximate surface area is 95.9 Å². The molecule has 3 nitrogen and oxygen atoms in total. The quantitative estimate of drug-likeness (QED) is 0.735. The van der Waals surface area contributed by atoms with Gasteiger partial charge in [0.2, 0.25) is 11.8 Å². The number of rotatable bonds is 1. The highest BCUT2D eigenvalue weighted by molar-refractivity contribution is 5.97. The first-order valence-corrected chi connectivity index (χ1v) is 5.59. The number of aryl methyl sites for hydroxylation is 1. The van der Waals surface area contributed by atoms with Crippen molar-refractivity contribution >= 4 is 11.8 Å². The molecule has 2 amide bonds. The first kappa shape index (κ1) is 12.4. The van der Waals surface area contributed by atoms with Crippen LogP contribution in [0.2, 0.25) is 0 Å². The standard InChI is InChI=1S/C8H10.C5H7NO2/c1-2-8-6-4-3-5-7-8;7-4-2-1-3-5(8)6-4/h3-7H,2H2,1H3;1-3H2,(H,6,7,8). The molecular formula is C13H17NO2. The van der Waals surface area contributed by atoms with Gasteiger partial charge >= 0.3 is 0 Å². The van der Waals surface area contributed by atoms with Crippen molar-refractivity contribution in [3.63, 3.8) is 0 Å². The molecule has 1 fully saturated rings. The Morgan fingerprint density at radius 3 is 1.94 bits per heavy atom. The molecule has 1 aliphatic heterocycles. The third-order valence-corrected chi connectivity index (χ3v) is 2.34. The second-order valence-electron chi connectivity index (χ2n) is 3.66. The van der Waals surface area contributed by atoms with E-state index >= 15 is 0 Å². The van der Waals surface area contributed by atoms with Crippen LogP contribution in [0.4, 0.5) is 0 Å². The van der Waals surface area contributed by atoms with E-state index in [1.807, 2.05) is 6.07 Å². The van der Waals surface area contributed by atoms with E-state index in [1.54, 1.807) is 0 Å². The van der Waals surface area contributed by atoms with Gasteiger partial charge in [-0.05, 0) is 18.4 Å². The molecule has 0 atom stereocenters. The molecule has 16 heavy (non-hydrogen) atoms. The molecule has 1 aromatic carbocycles. The average Bonchev–Trinajstić information content (AvgIpc) is 2.31. The van der Waals surface area contributed by atoms with Gasteiger partial charge < -0.3 is 0 Å². The summed E-state index contributed by atoms with van der Waals surface area (Å²) < 4.78 is 0. The van der Waals surface area contributed by atoms with Crippen LogP contribution < -0.4 is 5.32 Å². The third kappa shape index (κ3) is 4.73. The molecule has 0 saturated carbocycles. The second-order valence-corrected chi connectivity index (χ2v) is 3.66. The molecule has 1 saturated heterocycles. The fourth-order valence-electron chi connectivity index (χ4n) is 1.40. The Balaban J connectivity index is 0.000000160. The largest absolute Gasteiger partial charge is 0.296 e. The van der Waals surface area contributed by atoms with Crippen LogP contribution in [0.3, 0.4) is 0 Å². The van der Waals surface area contributed by atoms with E-state index in [0.29, 0.717) is 19.3 Å². The van der Waals surface area contributed by atoms with E-state index < -0.39 is 0 Å². The first-order chi connectivity index (χ1) is 7.72. The molecule has 0 radical (unpaired) electrons. The summed E-state index contributed by atoms with van der Waals surface area (Å²) in [6.07, 6.45) is 2.86. The molecule has 86 valence electrons. The van der Waals surface area contributed by atoms with Gasteiger partial charge in [-0.1, -0.05) is 37.3 Å². The van der Waals surface area contributed by atoms with Gasteiger partial charge in [-0.3, -0.25) is 14.9 Å². The van der Waals surface area contributed by atoms with Gasteiger partial charge in [-0.25, -0.2) is 0 Å². The van der Waals surface area contributed by atoms with Gasteiger partial charge in [-0.15, -0.1) is 0 Å². The number of hydrogen-bond acceptors (Lipinski definition) is 2. The van der Waals surface area contributed by atoms with Crippen LogP contribution in [0.25, 0.3) is 0 Å². The van der Waals surface area contributed by atoms with Crippen LogP contribution in [0.15, 0.2) is 30.3 Å². The van der Waals surface area contributed by atoms with Crippen molar-refractivity contribution in [2.75, 3.05) is 0 Å². The van der Waals surface area contributed by atoms with Crippen molar-refractivity contribution in [1.82, 2.24) is 5.32 Å². The number of benzene rings is 1. The average molecular weight is 219 g/mol. The first-order valence-electron chi connectivity index (χ1n) is 5.59. The van der Waals surface area contributed by atoms with E-state index in [4.69, 9.17) is 0 Å². The Morgan fingerprint density at radius 2 is 1.62 bits per heavy atom. The molecule has 0 spiro atoms. The molecule has 2 rings (SSSR count). The zero-order valence-electron chi connectivity index (χ0n) is 9.53. The maximum Gasteiger partial charge on any atom is 0.226 e. The Bertz CT molecular complexity index is 332. The number of carbonyl (C=O) groups is 2. The predicted octanol–water partition coefficient (Wildman–Crippen LogP) is 2.06. The highest BCUT2D eigenvalue weighted by atomic mass is 16.2. The minimum atomic E-state index is -0.138. The van der Waals surface area contributed by atoms with Gasteiger partial charge in [0.05, 0.1) is 0 Å². The van der Waals surface area contributed by atoms with Crippen molar-refractivity contribution < 1.29 is 9.59 Å². The van der Waals surface area contributed by atoms with E-state index in [1.165, 1.54) is 5.56 Å². The summed E-state index contributed by atoms with van der Waals surface area (Å²) in [6, 6.07) is 10.5. The molecule has 0 aliphatic carbocycles. The van der Waals surface area contributed by atoms with E-state index in [0.717, 1.165) is 6.42 Å². The van der Waals surface area contributed by atoms with Crippen LogP contribution in [-0.2, 0) is 16.0 Å². The molecule has 1 heterocycles. The number of imide groups is 1. The Morgan fingerprint density at radius 1 is 1.06 bits per heavy atom. The van der Waals surface area contributed by atoms with Crippen molar-refractivity contribution in [3.05, 3.63) is 35.9 Å². The van der Waals surface area contributed by atoms with Gasteiger partial charge in [0, 0.05) is 12.8 Å². The lowest BCUT2D eigenvalue weighted by molar-refractivity contribution is -0.132. The van der Waals surface area contributed by atoms with Crippen molar-refractivity contribution in [3.8, 4) is 0 Å². The highest BCUT2D eigenvalue weighted by Gasteiger charge is 2.12. The van der Waals surface area contributed by atoms with Crippen LogP contribution >= 0.6 is 0 Å². The molecule has 1 aliphatic rings. The molecule has 0 aromatic heterocycles. The number of nitrogens with one attached hydrogen (secondary N) is 1. The van der Waals surface area contributed by atoms with Gasteiger partial charge in [-0.2, -0.15) is 0 Å². The predicted molar refractivity (Wildman–Crippen MR) is 62.8 cm³/mol. The number of carbonyl (C=O) groups excluding carboxylic acids is 2. The molecule has 1 N–H and O–H groups in total. The summed E-state index contributed by atoms with van der Waals surface area (Å²) in [7, 11) is 0. The molecule has 3 heteroatoms. The summed E-state index contributed by atoms with van der Waals surface area (Å²) in [6.45, 7) is 2.16. The van der Waals surface area contributed by atoms with E-state index in [2.05, 4.69) is 36.5 Å². The fourth-order valence-corrected chi connectivity index (χ4v) is 1.40. The van der Waals surface area contributed by atoms with Crippen LogP contribution in [-0.4, -0.2) is 11.8 Å². The van der Waals surface area contributed by atoms with Crippen molar-refractivity contribution in [1.29, 1.82) is 0 Å². The number of amides is 2. The molecular weight excluding hydrogens is 202 g/mol. The Kier molecular flexibility index (Phi) is 5.26. The fraction of sp³-hybridized carbons (Fsp3) is 0.385. The normalized spacial score (nSPS) is 14.8. The summed E-state index contributed by atoms with van der Waals surface area (Å²) in [5.41, 5.74) is 1.41. The number of hydrogen-bond donors (Lipinski definition) is 1. The second kappa shape index (κ2) is 6.77. The summed E-state index contributed by atoms with van der Waals surface area (Å²) in [4.78, 5) is 20.7. The topological polar surface area (TPSA) is 46.2 Å². The number of piperidine rings is 1. The van der Waals surface area contributed by atoms with Crippen molar-refractivity contribution in [2.45, 2.75) is 32.6 Å². The monoisotopic (exact) mass is 219 g/mol. The lowest BCUT2D eigenvalue weighted by Crippen LogP contribution is -2.33. The van der Waals surface area contributed by atoms with Crippen LogP contribution in [0.1, 0.15) is 31.7 Å². The minimum Gasteiger partial charge on any atom is -0.296 e. The smallest absolute Gasteiger partial charge is 0.226 e. The lowest BCUT2D eigenvalue weighted by atomic mass is 10.1. The zero-order chi connectivity index (χ0) is 11.8. The minimum absolute atomic E-state index is 0.138. The SMILES string of the molecule is CCc1ccccc1.O=C1CCCC(=O)N1. The Hall–Kier alpha value is -1.64. The summed E-state index contributed by atoms with van der Waals surface area (Å²) in [5.74, 6) is -0.275. The van der Waals surface area contributed by atoms with Gasteiger partial charge in [0.15, 0.2) is 0 Å². The molecule has 0 unspecified atom stereocenters. The third-order valence-electron chi connectivity index (χ3n) is 2.34. The van der Waals surface area contributed by atoms with E-state index in [9.17, 15) is 9.59 Å². The van der Waals surface area contributed by atoms with Crippen LogP contribution in [0.5, 0.6) is 0 Å². The highest BCUT2D eigenvalue weighted by Crippen LogP contribution is 2.00. The maximum absolute atomic E-state index is 10.3. The van der Waals surface area contributed by atoms with Crippen molar-refractivity contribution in [2.24, 2.45) is 0 Å². The maximum atomic E-state index is 10.3. The zero-order valence-corrected chi connectivity index (χ0v) is 9.53. The van der Waals surface area contributed by atoms with Gasteiger partial charge in [0.1, 0.15) is 0 Å². The molecule has 1 aromatic rings. The van der Waals surface area contributed by atoms with Gasteiger partial charge in [0.25, 0.3) is 0 Å².